The van der Waals surface area contributed by atoms with Gasteiger partial charge in [0.1, 0.15) is 11.2 Å². The summed E-state index contributed by atoms with van der Waals surface area (Å²) in [4.78, 5) is 29.7. The number of nitrogens with one attached hydrogen (secondary N) is 1. The highest BCUT2D eigenvalue weighted by atomic mass is 35.5. The molecule has 1 aromatic heterocycles. The van der Waals surface area contributed by atoms with Crippen molar-refractivity contribution >= 4 is 45.9 Å². The van der Waals surface area contributed by atoms with Crippen molar-refractivity contribution in [2.45, 2.75) is 57.5 Å². The summed E-state index contributed by atoms with van der Waals surface area (Å²) in [5, 5.41) is 2.71. The van der Waals surface area contributed by atoms with E-state index in [0.717, 1.165) is 30.7 Å². The Morgan fingerprint density at radius 2 is 1.74 bits per heavy atom. The highest BCUT2D eigenvalue weighted by molar-refractivity contribution is 6.31. The van der Waals surface area contributed by atoms with E-state index < -0.39 is 28.3 Å². The van der Waals surface area contributed by atoms with Crippen molar-refractivity contribution in [2.24, 2.45) is 0 Å². The molecular formula is C27H27ClF3N3O4. The van der Waals surface area contributed by atoms with Crippen LogP contribution in [-0.2, 0) is 10.9 Å². The SMILES string of the molecule is CC(C)(C)OC(=O)N1[C@@H]2CC[C@H]1CN(c1cccc3oc(C(=O)Nc4ccc(Cl)c(C(F)(F)F)c4)cc13)C2. The van der Waals surface area contributed by atoms with Crippen molar-refractivity contribution in [2.75, 3.05) is 23.3 Å². The second-order valence-electron chi connectivity index (χ2n) is 10.6. The molecule has 5 rings (SSSR count). The minimum absolute atomic E-state index is 0.00117. The minimum atomic E-state index is -4.65. The van der Waals surface area contributed by atoms with Crippen LogP contribution in [0.4, 0.5) is 29.3 Å². The minimum Gasteiger partial charge on any atom is -0.451 e. The Morgan fingerprint density at radius 1 is 1.05 bits per heavy atom. The first-order valence-electron chi connectivity index (χ1n) is 12.3. The number of anilines is 2. The van der Waals surface area contributed by atoms with Gasteiger partial charge in [0.05, 0.1) is 22.7 Å². The number of furan rings is 1. The monoisotopic (exact) mass is 549 g/mol. The fourth-order valence-corrected chi connectivity index (χ4v) is 5.38. The Hall–Kier alpha value is -3.40. The largest absolute Gasteiger partial charge is 0.451 e. The summed E-state index contributed by atoms with van der Waals surface area (Å²) in [6.45, 7) is 6.74. The average molecular weight is 550 g/mol. The van der Waals surface area contributed by atoms with Crippen LogP contribution in [0.25, 0.3) is 11.0 Å². The summed E-state index contributed by atoms with van der Waals surface area (Å²) in [5.41, 5.74) is -0.335. The van der Waals surface area contributed by atoms with Crippen LogP contribution in [0.1, 0.15) is 49.7 Å². The van der Waals surface area contributed by atoms with E-state index in [2.05, 4.69) is 10.2 Å². The highest BCUT2D eigenvalue weighted by Crippen LogP contribution is 2.38. The number of rotatable bonds is 3. The number of fused-ring (bicyclic) bond motifs is 3. The lowest BCUT2D eigenvalue weighted by Crippen LogP contribution is -2.56. The first-order chi connectivity index (χ1) is 17.8. The molecular weight excluding hydrogens is 523 g/mol. The Labute approximate surface area is 222 Å². The van der Waals surface area contributed by atoms with Gasteiger partial charge < -0.3 is 19.4 Å². The van der Waals surface area contributed by atoms with Gasteiger partial charge in [-0.05, 0) is 70.0 Å². The molecule has 0 radical (unpaired) electrons. The van der Waals surface area contributed by atoms with E-state index in [1.165, 1.54) is 6.07 Å². The molecule has 0 spiro atoms. The van der Waals surface area contributed by atoms with Crippen LogP contribution in [0.2, 0.25) is 5.02 Å². The van der Waals surface area contributed by atoms with Gasteiger partial charge in [-0.15, -0.1) is 0 Å². The molecule has 2 amide bonds. The molecule has 2 aliphatic heterocycles. The number of halogens is 4. The molecule has 0 aliphatic carbocycles. The van der Waals surface area contributed by atoms with Crippen molar-refractivity contribution in [1.82, 2.24) is 4.90 Å². The Kier molecular flexibility index (Phi) is 6.49. The summed E-state index contributed by atoms with van der Waals surface area (Å²) >= 11 is 5.67. The maximum absolute atomic E-state index is 13.2. The van der Waals surface area contributed by atoms with Crippen LogP contribution in [0, 0.1) is 0 Å². The van der Waals surface area contributed by atoms with E-state index >= 15 is 0 Å². The molecule has 2 fully saturated rings. The lowest BCUT2D eigenvalue weighted by Gasteiger charge is -2.42. The first kappa shape index (κ1) is 26.2. The van der Waals surface area contributed by atoms with Gasteiger partial charge >= 0.3 is 12.3 Å². The molecule has 0 unspecified atom stereocenters. The van der Waals surface area contributed by atoms with E-state index in [9.17, 15) is 22.8 Å². The third-order valence-electron chi connectivity index (χ3n) is 6.72. The molecule has 11 heteroatoms. The zero-order valence-electron chi connectivity index (χ0n) is 21.1. The number of benzene rings is 2. The number of hydrogen-bond donors (Lipinski definition) is 1. The third kappa shape index (κ3) is 5.14. The van der Waals surface area contributed by atoms with Gasteiger partial charge in [0.2, 0.25) is 0 Å². The third-order valence-corrected chi connectivity index (χ3v) is 7.05. The molecule has 2 saturated heterocycles. The number of piperazine rings is 1. The van der Waals surface area contributed by atoms with E-state index in [1.54, 1.807) is 12.1 Å². The summed E-state index contributed by atoms with van der Waals surface area (Å²) < 4.78 is 51.0. The van der Waals surface area contributed by atoms with Gasteiger partial charge in [0, 0.05) is 29.9 Å². The van der Waals surface area contributed by atoms with Crippen LogP contribution < -0.4 is 10.2 Å². The summed E-state index contributed by atoms with van der Waals surface area (Å²) in [6.07, 6.45) is -3.22. The number of alkyl halides is 3. The van der Waals surface area contributed by atoms with E-state index in [1.807, 2.05) is 37.8 Å². The fourth-order valence-electron chi connectivity index (χ4n) is 5.16. The zero-order valence-corrected chi connectivity index (χ0v) is 21.8. The number of nitrogens with zero attached hydrogens (tertiary/aromatic N) is 2. The quantitative estimate of drug-likeness (QED) is 0.383. The van der Waals surface area contributed by atoms with Crippen molar-refractivity contribution in [3.8, 4) is 0 Å². The predicted octanol–water partition coefficient (Wildman–Crippen LogP) is 6.95. The maximum Gasteiger partial charge on any atom is 0.417 e. The molecule has 1 N–H and O–H groups in total. The number of hydrogen-bond acceptors (Lipinski definition) is 5. The molecule has 2 aromatic carbocycles. The van der Waals surface area contributed by atoms with Gasteiger partial charge in [-0.25, -0.2) is 4.79 Å². The van der Waals surface area contributed by atoms with Crippen molar-refractivity contribution in [3.63, 3.8) is 0 Å². The van der Waals surface area contributed by atoms with Gasteiger partial charge in [0.25, 0.3) is 5.91 Å². The molecule has 2 aliphatic rings. The maximum atomic E-state index is 13.2. The highest BCUT2D eigenvalue weighted by Gasteiger charge is 2.44. The molecule has 0 saturated carbocycles. The normalized spacial score (nSPS) is 19.7. The Bertz CT molecular complexity index is 1380. The number of carbonyl (C=O) groups is 2. The molecule has 2 atom stereocenters. The molecule has 3 aromatic rings. The van der Waals surface area contributed by atoms with E-state index in [-0.39, 0.29) is 29.6 Å². The van der Waals surface area contributed by atoms with Gasteiger partial charge in [0.15, 0.2) is 5.76 Å². The van der Waals surface area contributed by atoms with Crippen molar-refractivity contribution in [1.29, 1.82) is 0 Å². The number of amides is 2. The predicted molar refractivity (Wildman–Crippen MR) is 138 cm³/mol. The zero-order chi connectivity index (χ0) is 27.4. The van der Waals surface area contributed by atoms with Crippen LogP contribution in [0.3, 0.4) is 0 Å². The fraction of sp³-hybridized carbons (Fsp3) is 0.407. The lowest BCUT2D eigenvalue weighted by atomic mass is 10.1. The lowest BCUT2D eigenvalue weighted by molar-refractivity contribution is -0.137. The Morgan fingerprint density at radius 3 is 2.37 bits per heavy atom. The van der Waals surface area contributed by atoms with Crippen LogP contribution in [0.5, 0.6) is 0 Å². The van der Waals surface area contributed by atoms with Crippen LogP contribution >= 0.6 is 11.6 Å². The van der Waals surface area contributed by atoms with Gasteiger partial charge in [-0.1, -0.05) is 17.7 Å². The second-order valence-corrected chi connectivity index (χ2v) is 11.0. The van der Waals surface area contributed by atoms with Crippen molar-refractivity contribution in [3.05, 3.63) is 58.8 Å². The van der Waals surface area contributed by atoms with E-state index in [0.29, 0.717) is 24.1 Å². The standard InChI is InChI=1S/C27H27ClF3N3O4/c1-26(2,3)38-25(36)34-16-8-9-17(34)14-33(13-16)21-5-4-6-22-18(21)12-23(37-22)24(35)32-15-7-10-20(28)19(11-15)27(29,30)31/h4-7,10-12,16-17H,8-9,13-14H2,1-3H3,(H,32,35)/t16-,17+. The summed E-state index contributed by atoms with van der Waals surface area (Å²) in [7, 11) is 0. The molecule has 7 nitrogen and oxygen atoms in total. The average Bonchev–Trinajstić information content (AvgIpc) is 3.37. The topological polar surface area (TPSA) is 75.0 Å². The first-order valence-corrected chi connectivity index (χ1v) is 12.6. The van der Waals surface area contributed by atoms with Gasteiger partial charge in [-0.2, -0.15) is 13.2 Å². The Balaban J connectivity index is 1.36. The number of carbonyl (C=O) groups excluding carboxylic acids is 2. The van der Waals surface area contributed by atoms with E-state index in [4.69, 9.17) is 20.8 Å². The summed E-state index contributed by atoms with van der Waals surface area (Å²) in [5.74, 6) is -0.719. The smallest absolute Gasteiger partial charge is 0.417 e. The summed E-state index contributed by atoms with van der Waals surface area (Å²) in [6, 6.07) is 10.2. The molecule has 202 valence electrons. The van der Waals surface area contributed by atoms with Gasteiger partial charge in [-0.3, -0.25) is 9.69 Å². The molecule has 3 heterocycles. The second kappa shape index (κ2) is 9.41. The molecule has 38 heavy (non-hydrogen) atoms. The number of ether oxygens (including phenoxy) is 1. The van der Waals surface area contributed by atoms with Crippen LogP contribution in [-0.4, -0.2) is 47.7 Å². The van der Waals surface area contributed by atoms with Crippen molar-refractivity contribution < 1.29 is 31.9 Å². The van der Waals surface area contributed by atoms with Crippen LogP contribution in [0.15, 0.2) is 46.9 Å². The molecule has 2 bridgehead atoms.